The predicted molar refractivity (Wildman–Crippen MR) is 102 cm³/mol. The number of aromatic nitrogens is 1. The fraction of sp³-hybridized carbons (Fsp3) is 0.0952. The minimum Gasteiger partial charge on any atom is -0.375 e. The zero-order valence-electron chi connectivity index (χ0n) is 13.5. The van der Waals surface area contributed by atoms with E-state index in [2.05, 4.69) is 35.3 Å². The Morgan fingerprint density at radius 1 is 0.960 bits per heavy atom. The van der Waals surface area contributed by atoms with Crippen molar-refractivity contribution in [2.24, 2.45) is 0 Å². The second-order valence-corrected chi connectivity index (χ2v) is 6.99. The summed E-state index contributed by atoms with van der Waals surface area (Å²) in [5, 5.41) is 5.00. The number of nitrogen functional groups attached to an aromatic ring is 1. The van der Waals surface area contributed by atoms with Gasteiger partial charge < -0.3 is 5.73 Å². The van der Waals surface area contributed by atoms with Crippen LogP contribution in [0.3, 0.4) is 0 Å². The van der Waals surface area contributed by atoms with Gasteiger partial charge in [0.05, 0.1) is 5.69 Å². The maximum absolute atomic E-state index is 13.2. The van der Waals surface area contributed by atoms with Crippen molar-refractivity contribution in [2.45, 2.75) is 12.3 Å². The van der Waals surface area contributed by atoms with Crippen molar-refractivity contribution in [3.8, 4) is 0 Å². The largest absolute Gasteiger partial charge is 0.375 e. The summed E-state index contributed by atoms with van der Waals surface area (Å²) < 4.78 is 13.2. The minimum atomic E-state index is -0.219. The SMILES string of the molecule is Nc1nc(C(Cc2ccc(F)cc2)c2ccc3ccccc3c2)cs1. The lowest BCUT2D eigenvalue weighted by molar-refractivity contribution is 0.626. The Hall–Kier alpha value is -2.72. The third kappa shape index (κ3) is 3.39. The summed E-state index contributed by atoms with van der Waals surface area (Å²) in [5.74, 6) is -0.132. The number of hydrogen-bond acceptors (Lipinski definition) is 3. The van der Waals surface area contributed by atoms with Crippen LogP contribution >= 0.6 is 11.3 Å². The number of nitrogens with two attached hydrogens (primary N) is 1. The first-order chi connectivity index (χ1) is 12.2. The number of hydrogen-bond donors (Lipinski definition) is 1. The predicted octanol–water partition coefficient (Wildman–Crippen LogP) is 5.39. The number of fused-ring (bicyclic) bond motifs is 1. The van der Waals surface area contributed by atoms with Crippen molar-refractivity contribution in [3.05, 3.63) is 94.7 Å². The van der Waals surface area contributed by atoms with Gasteiger partial charge in [-0.2, -0.15) is 0 Å². The van der Waals surface area contributed by atoms with Gasteiger partial charge in [0.1, 0.15) is 5.82 Å². The lowest BCUT2D eigenvalue weighted by Gasteiger charge is -2.16. The molecule has 2 nitrogen and oxygen atoms in total. The lowest BCUT2D eigenvalue weighted by atomic mass is 9.88. The molecule has 0 aliphatic heterocycles. The normalized spacial score (nSPS) is 12.4. The van der Waals surface area contributed by atoms with Crippen LogP contribution in [0.5, 0.6) is 0 Å². The number of benzene rings is 3. The van der Waals surface area contributed by atoms with Crippen LogP contribution in [0.15, 0.2) is 72.1 Å². The smallest absolute Gasteiger partial charge is 0.180 e. The van der Waals surface area contributed by atoms with Crippen LogP contribution in [0.1, 0.15) is 22.7 Å². The molecule has 124 valence electrons. The standard InChI is InChI=1S/C21H17FN2S/c22-18-9-5-14(6-10-18)11-19(20-13-25-21(23)24-20)17-8-7-15-3-1-2-4-16(15)12-17/h1-10,12-13,19H,11H2,(H2,23,24). The van der Waals surface area contributed by atoms with Gasteiger partial charge in [0.25, 0.3) is 0 Å². The van der Waals surface area contributed by atoms with E-state index in [9.17, 15) is 4.39 Å². The Morgan fingerprint density at radius 2 is 1.72 bits per heavy atom. The molecule has 1 unspecified atom stereocenters. The molecule has 0 amide bonds. The van der Waals surface area contributed by atoms with Crippen LogP contribution < -0.4 is 5.73 Å². The first-order valence-corrected chi connectivity index (χ1v) is 9.01. The molecule has 0 saturated heterocycles. The van der Waals surface area contributed by atoms with E-state index in [4.69, 9.17) is 5.73 Å². The van der Waals surface area contributed by atoms with Crippen LogP contribution in [0.2, 0.25) is 0 Å². The molecule has 1 atom stereocenters. The van der Waals surface area contributed by atoms with Gasteiger partial charge in [-0.15, -0.1) is 11.3 Å². The molecule has 25 heavy (non-hydrogen) atoms. The first kappa shape index (κ1) is 15.8. The van der Waals surface area contributed by atoms with Crippen molar-refractivity contribution in [1.82, 2.24) is 4.98 Å². The van der Waals surface area contributed by atoms with E-state index in [0.29, 0.717) is 5.13 Å². The average Bonchev–Trinajstić information content (AvgIpc) is 3.07. The van der Waals surface area contributed by atoms with Crippen molar-refractivity contribution in [1.29, 1.82) is 0 Å². The van der Waals surface area contributed by atoms with E-state index in [1.807, 2.05) is 29.6 Å². The molecule has 0 radical (unpaired) electrons. The number of anilines is 1. The van der Waals surface area contributed by atoms with E-state index in [1.165, 1.54) is 39.8 Å². The summed E-state index contributed by atoms with van der Waals surface area (Å²) >= 11 is 1.45. The molecule has 0 bridgehead atoms. The van der Waals surface area contributed by atoms with E-state index in [-0.39, 0.29) is 11.7 Å². The summed E-state index contributed by atoms with van der Waals surface area (Å²) in [5.41, 5.74) is 9.08. The molecular formula is C21H17FN2S. The van der Waals surface area contributed by atoms with Gasteiger partial charge in [-0.25, -0.2) is 9.37 Å². The minimum absolute atomic E-state index is 0.0867. The maximum atomic E-state index is 13.2. The Kier molecular flexibility index (Phi) is 4.20. The Labute approximate surface area is 149 Å². The van der Waals surface area contributed by atoms with Crippen molar-refractivity contribution in [2.75, 3.05) is 5.73 Å². The van der Waals surface area contributed by atoms with E-state index in [0.717, 1.165) is 17.7 Å². The maximum Gasteiger partial charge on any atom is 0.180 e. The molecule has 1 heterocycles. The lowest BCUT2D eigenvalue weighted by Crippen LogP contribution is -2.06. The fourth-order valence-electron chi connectivity index (χ4n) is 3.13. The first-order valence-electron chi connectivity index (χ1n) is 8.13. The quantitative estimate of drug-likeness (QED) is 0.537. The molecule has 2 N–H and O–H groups in total. The molecular weight excluding hydrogens is 331 g/mol. The van der Waals surface area contributed by atoms with Crippen molar-refractivity contribution in [3.63, 3.8) is 0 Å². The number of rotatable bonds is 4. The zero-order valence-corrected chi connectivity index (χ0v) is 14.3. The molecule has 4 heteroatoms. The second kappa shape index (κ2) is 6.65. The second-order valence-electron chi connectivity index (χ2n) is 6.10. The molecule has 0 aliphatic carbocycles. The highest BCUT2D eigenvalue weighted by molar-refractivity contribution is 7.13. The highest BCUT2D eigenvalue weighted by atomic mass is 32.1. The monoisotopic (exact) mass is 348 g/mol. The van der Waals surface area contributed by atoms with E-state index in [1.54, 1.807) is 0 Å². The summed E-state index contributed by atoms with van der Waals surface area (Å²) in [6, 6.07) is 21.5. The Balaban J connectivity index is 1.76. The Morgan fingerprint density at radius 3 is 2.44 bits per heavy atom. The van der Waals surface area contributed by atoms with Crippen molar-refractivity contribution < 1.29 is 4.39 Å². The van der Waals surface area contributed by atoms with Crippen LogP contribution in [-0.2, 0) is 6.42 Å². The van der Waals surface area contributed by atoms with Crippen LogP contribution in [0.4, 0.5) is 9.52 Å². The number of nitrogens with zero attached hydrogens (tertiary/aromatic N) is 1. The average molecular weight is 348 g/mol. The van der Waals surface area contributed by atoms with E-state index >= 15 is 0 Å². The molecule has 0 fully saturated rings. The third-order valence-corrected chi connectivity index (χ3v) is 5.12. The van der Waals surface area contributed by atoms with Crippen LogP contribution in [-0.4, -0.2) is 4.98 Å². The van der Waals surface area contributed by atoms with Gasteiger partial charge in [0.2, 0.25) is 0 Å². The van der Waals surface area contributed by atoms with Gasteiger partial charge in [0, 0.05) is 11.3 Å². The topological polar surface area (TPSA) is 38.9 Å². The van der Waals surface area contributed by atoms with Gasteiger partial charge in [-0.05, 0) is 40.5 Å². The molecule has 0 aliphatic rings. The highest BCUT2D eigenvalue weighted by Crippen LogP contribution is 2.32. The van der Waals surface area contributed by atoms with Gasteiger partial charge >= 0.3 is 0 Å². The van der Waals surface area contributed by atoms with Gasteiger partial charge in [-0.1, -0.05) is 54.6 Å². The number of thiazole rings is 1. The van der Waals surface area contributed by atoms with Gasteiger partial charge in [-0.3, -0.25) is 0 Å². The molecule has 4 rings (SSSR count). The van der Waals surface area contributed by atoms with Crippen LogP contribution in [0, 0.1) is 5.82 Å². The zero-order chi connectivity index (χ0) is 17.2. The van der Waals surface area contributed by atoms with E-state index < -0.39 is 0 Å². The summed E-state index contributed by atoms with van der Waals surface area (Å²) in [6.07, 6.45) is 0.752. The summed E-state index contributed by atoms with van der Waals surface area (Å²) in [4.78, 5) is 4.50. The molecule has 4 aromatic rings. The molecule has 3 aromatic carbocycles. The highest BCUT2D eigenvalue weighted by Gasteiger charge is 2.18. The third-order valence-electron chi connectivity index (χ3n) is 4.43. The van der Waals surface area contributed by atoms with Crippen molar-refractivity contribution >= 4 is 27.2 Å². The summed E-state index contributed by atoms with van der Waals surface area (Å²) in [7, 11) is 0. The molecule has 0 saturated carbocycles. The molecule has 0 spiro atoms. The number of halogens is 1. The summed E-state index contributed by atoms with van der Waals surface area (Å²) in [6.45, 7) is 0. The fourth-order valence-corrected chi connectivity index (χ4v) is 3.75. The van der Waals surface area contributed by atoms with Crippen LogP contribution in [0.25, 0.3) is 10.8 Å². The van der Waals surface area contributed by atoms with Gasteiger partial charge in [0.15, 0.2) is 5.13 Å². The Bertz CT molecular complexity index is 1010. The molecule has 1 aromatic heterocycles.